The van der Waals surface area contributed by atoms with Crippen LogP contribution in [0.15, 0.2) is 17.1 Å². The Hall–Kier alpha value is -1.50. The number of anilines is 1. The summed E-state index contributed by atoms with van der Waals surface area (Å²) in [4.78, 5) is 50.7. The lowest BCUT2D eigenvalue weighted by Crippen LogP contribution is -2.46. The van der Waals surface area contributed by atoms with E-state index in [2.05, 4.69) is 18.1 Å². The van der Waals surface area contributed by atoms with E-state index in [9.17, 15) is 32.9 Å². The van der Waals surface area contributed by atoms with Crippen LogP contribution in [0, 0.1) is 12.3 Å². The summed E-state index contributed by atoms with van der Waals surface area (Å²) in [6, 6.07) is 1.10. The maximum absolute atomic E-state index is 14.8. The molecule has 1 aromatic heterocycles. The SMILES string of the molecule is C#C[C@]1(O)[C@H](F)[C@H](n2ccc(N)nc2=O)O[C@@H]1COP(=O)(O)OP(=O)(O)OP(=O)(O)O. The minimum atomic E-state index is -5.80. The average Bonchev–Trinajstić information content (AvgIpc) is 2.82. The second kappa shape index (κ2) is 8.80. The largest absolute Gasteiger partial charge is 0.490 e. The first-order valence-electron chi connectivity index (χ1n) is 7.62. The zero-order chi connectivity index (χ0) is 23.8. The molecule has 0 saturated carbocycles. The molecular formula is C11H15FN3O13P3. The van der Waals surface area contributed by atoms with Gasteiger partial charge < -0.3 is 35.2 Å². The minimum Gasteiger partial charge on any atom is -0.383 e. The Morgan fingerprint density at radius 2 is 1.90 bits per heavy atom. The van der Waals surface area contributed by atoms with Gasteiger partial charge >= 0.3 is 29.2 Å². The van der Waals surface area contributed by atoms with Crippen LogP contribution in [0.4, 0.5) is 10.2 Å². The van der Waals surface area contributed by atoms with E-state index in [1.807, 2.05) is 0 Å². The highest BCUT2D eigenvalue weighted by Crippen LogP contribution is 2.66. The first-order valence-corrected chi connectivity index (χ1v) is 12.1. The number of halogens is 1. The van der Waals surface area contributed by atoms with E-state index in [-0.39, 0.29) is 5.82 Å². The number of phosphoric ester groups is 1. The lowest BCUT2D eigenvalue weighted by molar-refractivity contribution is -0.0611. The molecule has 2 unspecified atom stereocenters. The third-order valence-electron chi connectivity index (χ3n) is 3.63. The Kier molecular flexibility index (Phi) is 7.31. The Labute approximate surface area is 171 Å². The molecule has 174 valence electrons. The molecule has 0 amide bonds. The van der Waals surface area contributed by atoms with Crippen molar-refractivity contribution in [3.63, 3.8) is 0 Å². The molecule has 1 saturated heterocycles. The van der Waals surface area contributed by atoms with Crippen LogP contribution in [0.3, 0.4) is 0 Å². The number of phosphoric acid groups is 3. The van der Waals surface area contributed by atoms with Gasteiger partial charge in [0.15, 0.2) is 18.0 Å². The summed E-state index contributed by atoms with van der Waals surface area (Å²) in [5, 5.41) is 10.4. The van der Waals surface area contributed by atoms with E-state index in [0.717, 1.165) is 12.3 Å². The number of ether oxygens (including phenoxy) is 1. The smallest absolute Gasteiger partial charge is 0.383 e. The molecule has 2 heterocycles. The van der Waals surface area contributed by atoms with Crippen LogP contribution in [-0.2, 0) is 31.6 Å². The fraction of sp³-hybridized carbons (Fsp3) is 0.455. The van der Waals surface area contributed by atoms with Gasteiger partial charge in [0.2, 0.25) is 0 Å². The summed E-state index contributed by atoms with van der Waals surface area (Å²) < 4.78 is 65.5. The number of alkyl halides is 1. The van der Waals surface area contributed by atoms with E-state index in [1.165, 1.54) is 0 Å². The first kappa shape index (κ1) is 25.8. The number of nitrogens with two attached hydrogens (primary N) is 1. The lowest BCUT2D eigenvalue weighted by atomic mass is 9.94. The quantitative estimate of drug-likeness (QED) is 0.177. The first-order chi connectivity index (χ1) is 14.0. The van der Waals surface area contributed by atoms with Gasteiger partial charge in [-0.15, -0.1) is 6.42 Å². The summed E-state index contributed by atoms with van der Waals surface area (Å²) in [5.74, 6) is 1.45. The topological polar surface area (TPSA) is 250 Å². The summed E-state index contributed by atoms with van der Waals surface area (Å²) in [6.45, 7) is -1.25. The van der Waals surface area contributed by atoms with Gasteiger partial charge in [-0.2, -0.15) is 13.6 Å². The third kappa shape index (κ3) is 6.27. The van der Waals surface area contributed by atoms with Crippen LogP contribution in [0.25, 0.3) is 0 Å². The molecule has 0 aromatic carbocycles. The molecule has 2 rings (SSSR count). The Morgan fingerprint density at radius 3 is 2.42 bits per heavy atom. The molecule has 1 fully saturated rings. The summed E-state index contributed by atoms with van der Waals surface area (Å²) in [6.07, 6.45) is -0.222. The van der Waals surface area contributed by atoms with Crippen LogP contribution in [0.1, 0.15) is 6.23 Å². The van der Waals surface area contributed by atoms with Crippen molar-refractivity contribution in [2.24, 2.45) is 0 Å². The fourth-order valence-electron chi connectivity index (χ4n) is 2.37. The maximum atomic E-state index is 14.8. The molecule has 0 spiro atoms. The predicted octanol–water partition coefficient (Wildman–Crippen LogP) is -1.23. The van der Waals surface area contributed by atoms with Crippen molar-refractivity contribution in [2.75, 3.05) is 12.3 Å². The zero-order valence-electron chi connectivity index (χ0n) is 14.9. The highest BCUT2D eigenvalue weighted by molar-refractivity contribution is 7.66. The van der Waals surface area contributed by atoms with E-state index < -0.39 is 59.9 Å². The highest BCUT2D eigenvalue weighted by atomic mass is 31.3. The van der Waals surface area contributed by atoms with Crippen LogP contribution in [0.5, 0.6) is 0 Å². The van der Waals surface area contributed by atoms with Gasteiger partial charge in [0.05, 0.1) is 6.61 Å². The van der Waals surface area contributed by atoms with Crippen LogP contribution < -0.4 is 11.4 Å². The Balaban J connectivity index is 2.19. The fourth-order valence-corrected chi connectivity index (χ4v) is 5.38. The molecule has 16 nitrogen and oxygen atoms in total. The molecule has 0 aliphatic carbocycles. The molecule has 0 radical (unpaired) electrons. The molecule has 1 aliphatic rings. The minimum absolute atomic E-state index is 0.203. The molecular weight excluding hydrogens is 494 g/mol. The monoisotopic (exact) mass is 509 g/mol. The van der Waals surface area contributed by atoms with Gasteiger partial charge in [0.1, 0.15) is 11.9 Å². The molecule has 7 N–H and O–H groups in total. The summed E-state index contributed by atoms with van der Waals surface area (Å²) in [5.41, 5.74) is 1.41. The Bertz CT molecular complexity index is 1080. The van der Waals surface area contributed by atoms with Crippen LogP contribution >= 0.6 is 23.5 Å². The zero-order valence-corrected chi connectivity index (χ0v) is 17.5. The van der Waals surface area contributed by atoms with Crippen LogP contribution in [-0.4, -0.2) is 58.7 Å². The number of terminal acetylenes is 1. The van der Waals surface area contributed by atoms with E-state index in [4.69, 9.17) is 31.6 Å². The lowest BCUT2D eigenvalue weighted by Gasteiger charge is -2.24. The normalized spacial score (nSPS) is 30.3. The summed E-state index contributed by atoms with van der Waals surface area (Å²) in [7, 11) is -17.0. The molecule has 1 aliphatic heterocycles. The molecule has 6 atom stereocenters. The van der Waals surface area contributed by atoms with Gasteiger partial charge in [-0.1, -0.05) is 5.92 Å². The van der Waals surface area contributed by atoms with Crippen LogP contribution in [0.2, 0.25) is 0 Å². The molecule has 31 heavy (non-hydrogen) atoms. The summed E-state index contributed by atoms with van der Waals surface area (Å²) >= 11 is 0. The number of nitrogen functional groups attached to an aromatic ring is 1. The number of aromatic nitrogens is 2. The maximum Gasteiger partial charge on any atom is 0.490 e. The van der Waals surface area contributed by atoms with Crippen molar-refractivity contribution in [3.05, 3.63) is 22.7 Å². The second-order valence-corrected chi connectivity index (χ2v) is 10.2. The number of rotatable bonds is 8. The number of nitrogens with zero attached hydrogens (tertiary/aromatic N) is 2. The van der Waals surface area contributed by atoms with Crippen molar-refractivity contribution in [3.8, 4) is 12.3 Å². The van der Waals surface area contributed by atoms with Crippen molar-refractivity contribution >= 4 is 29.3 Å². The Morgan fingerprint density at radius 1 is 1.29 bits per heavy atom. The van der Waals surface area contributed by atoms with Crippen molar-refractivity contribution in [2.45, 2.75) is 24.1 Å². The van der Waals surface area contributed by atoms with E-state index in [1.54, 1.807) is 5.92 Å². The van der Waals surface area contributed by atoms with Gasteiger partial charge in [-0.3, -0.25) is 9.09 Å². The predicted molar refractivity (Wildman–Crippen MR) is 95.3 cm³/mol. The van der Waals surface area contributed by atoms with Gasteiger partial charge in [0.25, 0.3) is 0 Å². The molecule has 1 aromatic rings. The number of aliphatic hydroxyl groups is 1. The molecule has 20 heteroatoms. The van der Waals surface area contributed by atoms with Gasteiger partial charge in [-0.05, 0) is 6.07 Å². The van der Waals surface area contributed by atoms with Crippen molar-refractivity contribution in [1.82, 2.24) is 9.55 Å². The van der Waals surface area contributed by atoms with Gasteiger partial charge in [0, 0.05) is 6.20 Å². The highest BCUT2D eigenvalue weighted by Gasteiger charge is 2.57. The van der Waals surface area contributed by atoms with Crippen molar-refractivity contribution < 1.29 is 60.6 Å². The molecule has 0 bridgehead atoms. The number of hydrogen-bond acceptors (Lipinski definition) is 11. The van der Waals surface area contributed by atoms with E-state index >= 15 is 0 Å². The standard InChI is InChI=1S/C11H15FN3O13P3/c1-2-11(17)6(5-25-30(21,22)28-31(23,24)27-29(18,19)20)26-9(8(11)12)15-4-3-7(13)14-10(15)16/h1,3-4,6,8-9,17H,5H2,(H,21,22)(H,23,24)(H2,13,14,16)(H2,18,19,20)/t6-,8-,9-,11-/m1/s1. The van der Waals surface area contributed by atoms with E-state index in [0.29, 0.717) is 4.57 Å². The second-order valence-electron chi connectivity index (χ2n) is 5.82. The number of hydrogen-bond donors (Lipinski definition) is 6. The van der Waals surface area contributed by atoms with Gasteiger partial charge in [-0.25, -0.2) is 22.9 Å². The van der Waals surface area contributed by atoms with Crippen molar-refractivity contribution in [1.29, 1.82) is 0 Å². The third-order valence-corrected chi connectivity index (χ3v) is 7.43. The average molecular weight is 509 g/mol.